The Morgan fingerprint density at radius 1 is 1.26 bits per heavy atom. The van der Waals surface area contributed by atoms with Gasteiger partial charge in [-0.15, -0.1) is 0 Å². The average Bonchev–Trinajstić information content (AvgIpc) is 2.86. The summed E-state index contributed by atoms with van der Waals surface area (Å²) in [5.41, 5.74) is -0.291. The lowest BCUT2D eigenvalue weighted by Crippen LogP contribution is -2.52. The van der Waals surface area contributed by atoms with Gasteiger partial charge in [0.25, 0.3) is 0 Å². The molecule has 1 unspecified atom stereocenters. The van der Waals surface area contributed by atoms with E-state index >= 15 is 0 Å². The highest BCUT2D eigenvalue weighted by molar-refractivity contribution is 5.90. The molecule has 2 rings (SSSR count). The third kappa shape index (κ3) is 2.76. The number of carbonyl (C=O) groups excluding carboxylic acids is 2. The number of piperidine rings is 1. The quantitative estimate of drug-likeness (QED) is 0.790. The predicted octanol–water partition coefficient (Wildman–Crippen LogP) is 0.455. The first-order chi connectivity index (χ1) is 8.96. The zero-order valence-corrected chi connectivity index (χ0v) is 12.2. The Bertz CT molecular complexity index is 362. The molecular weight excluding hydrogens is 242 g/mol. The fourth-order valence-electron chi connectivity index (χ4n) is 3.10. The van der Waals surface area contributed by atoms with Crippen LogP contribution in [-0.4, -0.2) is 61.4 Å². The van der Waals surface area contributed by atoms with Crippen LogP contribution in [0.4, 0.5) is 0 Å². The first kappa shape index (κ1) is 14.3. The molecule has 1 N–H and O–H groups in total. The van der Waals surface area contributed by atoms with E-state index in [0.717, 1.165) is 45.3 Å². The van der Waals surface area contributed by atoms with Crippen LogP contribution < -0.4 is 5.32 Å². The molecule has 0 radical (unpaired) electrons. The van der Waals surface area contributed by atoms with E-state index in [9.17, 15) is 9.59 Å². The molecule has 1 atom stereocenters. The molecule has 2 aliphatic heterocycles. The number of likely N-dealkylation sites (tertiary alicyclic amines) is 1. The summed E-state index contributed by atoms with van der Waals surface area (Å²) in [5.74, 6) is 0.232. The van der Waals surface area contributed by atoms with Crippen LogP contribution in [0.1, 0.15) is 32.6 Å². The van der Waals surface area contributed by atoms with Crippen LogP contribution in [0.3, 0.4) is 0 Å². The number of rotatable bonds is 2. The summed E-state index contributed by atoms with van der Waals surface area (Å²) in [6, 6.07) is -0.241. The van der Waals surface area contributed by atoms with Gasteiger partial charge in [-0.3, -0.25) is 9.59 Å². The molecule has 0 saturated carbocycles. The van der Waals surface area contributed by atoms with Crippen molar-refractivity contribution < 1.29 is 9.59 Å². The van der Waals surface area contributed by atoms with Gasteiger partial charge in [0.15, 0.2) is 0 Å². The van der Waals surface area contributed by atoms with Crippen LogP contribution in [0, 0.1) is 5.41 Å². The summed E-state index contributed by atoms with van der Waals surface area (Å²) < 4.78 is 0. The molecule has 108 valence electrons. The van der Waals surface area contributed by atoms with Gasteiger partial charge in [0.1, 0.15) is 6.04 Å². The second-order valence-corrected chi connectivity index (χ2v) is 6.20. The SMILES string of the molecule is CN(C)C(=O)C1CCCN1C(=O)C1(C)CCNCC1. The summed E-state index contributed by atoms with van der Waals surface area (Å²) in [5, 5.41) is 3.29. The monoisotopic (exact) mass is 267 g/mol. The second kappa shape index (κ2) is 5.49. The molecule has 0 aliphatic carbocycles. The Labute approximate surface area is 115 Å². The molecule has 5 heteroatoms. The van der Waals surface area contributed by atoms with E-state index in [4.69, 9.17) is 0 Å². The molecule has 0 aromatic rings. The Morgan fingerprint density at radius 3 is 2.47 bits per heavy atom. The van der Waals surface area contributed by atoms with E-state index in [2.05, 4.69) is 5.32 Å². The van der Waals surface area contributed by atoms with Gasteiger partial charge in [0.05, 0.1) is 0 Å². The molecular formula is C14H25N3O2. The molecule has 0 aromatic heterocycles. The summed E-state index contributed by atoms with van der Waals surface area (Å²) in [4.78, 5) is 28.4. The molecule has 5 nitrogen and oxygen atoms in total. The smallest absolute Gasteiger partial charge is 0.244 e. The lowest BCUT2D eigenvalue weighted by molar-refractivity contribution is -0.149. The van der Waals surface area contributed by atoms with E-state index in [1.807, 2.05) is 11.8 Å². The van der Waals surface area contributed by atoms with Gasteiger partial charge in [-0.25, -0.2) is 0 Å². The maximum atomic E-state index is 12.8. The highest BCUT2D eigenvalue weighted by Crippen LogP contribution is 2.33. The number of hydrogen-bond donors (Lipinski definition) is 1. The van der Waals surface area contributed by atoms with Crippen molar-refractivity contribution in [2.24, 2.45) is 5.41 Å². The molecule has 0 bridgehead atoms. The predicted molar refractivity (Wildman–Crippen MR) is 73.6 cm³/mol. The maximum absolute atomic E-state index is 12.8. The van der Waals surface area contributed by atoms with E-state index in [0.29, 0.717) is 0 Å². The molecule has 0 aromatic carbocycles. The summed E-state index contributed by atoms with van der Waals surface area (Å²) in [6.07, 6.45) is 3.47. The number of nitrogens with zero attached hydrogens (tertiary/aromatic N) is 2. The average molecular weight is 267 g/mol. The van der Waals surface area contributed by atoms with Crippen molar-refractivity contribution in [2.45, 2.75) is 38.6 Å². The van der Waals surface area contributed by atoms with Crippen molar-refractivity contribution in [3.05, 3.63) is 0 Å². The van der Waals surface area contributed by atoms with Crippen LogP contribution in [0.2, 0.25) is 0 Å². The minimum Gasteiger partial charge on any atom is -0.347 e. The normalized spacial score (nSPS) is 26.3. The van der Waals surface area contributed by atoms with E-state index in [1.54, 1.807) is 19.0 Å². The Balaban J connectivity index is 2.11. The Morgan fingerprint density at radius 2 is 1.89 bits per heavy atom. The molecule has 0 spiro atoms. The third-order valence-corrected chi connectivity index (χ3v) is 4.46. The largest absolute Gasteiger partial charge is 0.347 e. The number of amides is 2. The zero-order valence-electron chi connectivity index (χ0n) is 12.2. The van der Waals surface area contributed by atoms with Gasteiger partial charge in [-0.1, -0.05) is 6.92 Å². The summed E-state index contributed by atoms with van der Waals surface area (Å²) in [7, 11) is 3.52. The van der Waals surface area contributed by atoms with Crippen molar-refractivity contribution in [3.8, 4) is 0 Å². The number of likely N-dealkylation sites (N-methyl/N-ethyl adjacent to an activating group) is 1. The molecule has 2 heterocycles. The van der Waals surface area contributed by atoms with E-state index in [1.165, 1.54) is 0 Å². The van der Waals surface area contributed by atoms with Gasteiger partial charge < -0.3 is 15.1 Å². The fraction of sp³-hybridized carbons (Fsp3) is 0.857. The van der Waals surface area contributed by atoms with Crippen LogP contribution in [0.15, 0.2) is 0 Å². The first-order valence-electron chi connectivity index (χ1n) is 7.19. The molecule has 2 amide bonds. The van der Waals surface area contributed by atoms with Crippen molar-refractivity contribution in [1.29, 1.82) is 0 Å². The number of nitrogens with one attached hydrogen (secondary N) is 1. The summed E-state index contributed by atoms with van der Waals surface area (Å²) in [6.45, 7) is 4.56. The summed E-state index contributed by atoms with van der Waals surface area (Å²) >= 11 is 0. The Kier molecular flexibility index (Phi) is 4.13. The van der Waals surface area contributed by atoms with E-state index in [-0.39, 0.29) is 23.3 Å². The van der Waals surface area contributed by atoms with Gasteiger partial charge in [0.2, 0.25) is 11.8 Å². The van der Waals surface area contributed by atoms with Crippen LogP contribution in [0.25, 0.3) is 0 Å². The molecule has 2 saturated heterocycles. The number of hydrogen-bond acceptors (Lipinski definition) is 3. The first-order valence-corrected chi connectivity index (χ1v) is 7.19. The minimum atomic E-state index is -0.291. The topological polar surface area (TPSA) is 52.7 Å². The fourth-order valence-corrected chi connectivity index (χ4v) is 3.10. The molecule has 2 aliphatic rings. The standard InChI is InChI=1S/C14H25N3O2/c1-14(6-8-15-9-7-14)13(19)17-10-4-5-11(17)12(18)16(2)3/h11,15H,4-10H2,1-3H3. The molecule has 19 heavy (non-hydrogen) atoms. The van der Waals surface area contributed by atoms with Crippen LogP contribution in [0.5, 0.6) is 0 Å². The van der Waals surface area contributed by atoms with Crippen LogP contribution in [-0.2, 0) is 9.59 Å². The number of carbonyl (C=O) groups is 2. The van der Waals surface area contributed by atoms with E-state index < -0.39 is 0 Å². The van der Waals surface area contributed by atoms with Gasteiger partial charge >= 0.3 is 0 Å². The maximum Gasteiger partial charge on any atom is 0.244 e. The van der Waals surface area contributed by atoms with Gasteiger partial charge in [0, 0.05) is 26.1 Å². The Hall–Kier alpha value is -1.10. The lowest BCUT2D eigenvalue weighted by Gasteiger charge is -2.38. The van der Waals surface area contributed by atoms with Crippen molar-refractivity contribution >= 4 is 11.8 Å². The van der Waals surface area contributed by atoms with Crippen molar-refractivity contribution in [2.75, 3.05) is 33.7 Å². The second-order valence-electron chi connectivity index (χ2n) is 6.20. The highest BCUT2D eigenvalue weighted by Gasteiger charge is 2.43. The highest BCUT2D eigenvalue weighted by atomic mass is 16.2. The molecule has 2 fully saturated rings. The van der Waals surface area contributed by atoms with Crippen LogP contribution >= 0.6 is 0 Å². The zero-order chi connectivity index (χ0) is 14.0. The van der Waals surface area contributed by atoms with Crippen molar-refractivity contribution in [1.82, 2.24) is 15.1 Å². The minimum absolute atomic E-state index is 0.0587. The van der Waals surface area contributed by atoms with Crippen molar-refractivity contribution in [3.63, 3.8) is 0 Å². The third-order valence-electron chi connectivity index (χ3n) is 4.46. The van der Waals surface area contributed by atoms with Gasteiger partial charge in [-0.05, 0) is 38.8 Å². The lowest BCUT2D eigenvalue weighted by atomic mass is 9.79. The van der Waals surface area contributed by atoms with Gasteiger partial charge in [-0.2, -0.15) is 0 Å².